The van der Waals surface area contributed by atoms with Crippen LogP contribution in [0.5, 0.6) is 0 Å². The molecule has 1 saturated heterocycles. The van der Waals surface area contributed by atoms with E-state index in [1.165, 1.54) is 0 Å². The lowest BCUT2D eigenvalue weighted by molar-refractivity contribution is -0.128. The molecule has 0 aromatic carbocycles. The van der Waals surface area contributed by atoms with Gasteiger partial charge in [-0.15, -0.1) is 0 Å². The van der Waals surface area contributed by atoms with Crippen molar-refractivity contribution >= 4 is 5.91 Å². The zero-order chi connectivity index (χ0) is 13.4. The fourth-order valence-corrected chi connectivity index (χ4v) is 2.53. The molecule has 0 bridgehead atoms. The zero-order valence-corrected chi connectivity index (χ0v) is 11.8. The summed E-state index contributed by atoms with van der Waals surface area (Å²) in [5.74, 6) is 0.0972. The van der Waals surface area contributed by atoms with Crippen molar-refractivity contribution < 1.29 is 14.3 Å². The van der Waals surface area contributed by atoms with Gasteiger partial charge in [0.1, 0.15) is 0 Å². The van der Waals surface area contributed by atoms with Crippen molar-refractivity contribution in [3.63, 3.8) is 0 Å². The van der Waals surface area contributed by atoms with Gasteiger partial charge in [0.15, 0.2) is 0 Å². The molecule has 2 N–H and O–H groups in total. The maximum atomic E-state index is 12.3. The molecule has 5 heteroatoms. The quantitative estimate of drug-likeness (QED) is 0.672. The number of hydrogen-bond acceptors (Lipinski definition) is 4. The van der Waals surface area contributed by atoms with Crippen LogP contribution in [-0.2, 0) is 14.3 Å². The first-order chi connectivity index (χ1) is 8.68. The van der Waals surface area contributed by atoms with Crippen molar-refractivity contribution in [3.05, 3.63) is 0 Å². The molecule has 0 saturated carbocycles. The van der Waals surface area contributed by atoms with Crippen molar-refractivity contribution in [3.8, 4) is 0 Å². The minimum atomic E-state index is -0.361. The summed E-state index contributed by atoms with van der Waals surface area (Å²) in [6.45, 7) is 4.03. The summed E-state index contributed by atoms with van der Waals surface area (Å²) in [7, 11) is 3.26. The largest absolute Gasteiger partial charge is 0.382 e. The first kappa shape index (κ1) is 15.4. The highest BCUT2D eigenvalue weighted by Gasteiger charge is 2.39. The number of rotatable bonds is 8. The zero-order valence-electron chi connectivity index (χ0n) is 11.8. The Labute approximate surface area is 110 Å². The first-order valence-corrected chi connectivity index (χ1v) is 6.73. The second-order valence-electron chi connectivity index (χ2n) is 4.89. The standard InChI is InChI=1S/C13H26N2O3/c1-4-6-13(7-5-8-15-13)12(16)14-9-11(18-3)10-17-2/h11,15H,4-10H2,1-3H3,(H,14,16). The number of nitrogens with one attached hydrogen (secondary N) is 2. The lowest BCUT2D eigenvalue weighted by Crippen LogP contribution is -2.54. The second-order valence-corrected chi connectivity index (χ2v) is 4.89. The van der Waals surface area contributed by atoms with Crippen LogP contribution >= 0.6 is 0 Å². The molecule has 18 heavy (non-hydrogen) atoms. The van der Waals surface area contributed by atoms with Gasteiger partial charge in [0.25, 0.3) is 0 Å². The Morgan fingerprint density at radius 1 is 1.50 bits per heavy atom. The molecule has 1 heterocycles. The van der Waals surface area contributed by atoms with E-state index in [-0.39, 0.29) is 17.6 Å². The Morgan fingerprint density at radius 2 is 2.28 bits per heavy atom. The molecule has 1 amide bonds. The van der Waals surface area contributed by atoms with Gasteiger partial charge >= 0.3 is 0 Å². The summed E-state index contributed by atoms with van der Waals surface area (Å²) >= 11 is 0. The number of carbonyl (C=O) groups excluding carboxylic acids is 1. The van der Waals surface area contributed by atoms with Crippen LogP contribution in [0.25, 0.3) is 0 Å². The molecule has 0 aromatic rings. The summed E-state index contributed by atoms with van der Waals surface area (Å²) in [6.07, 6.45) is 3.81. The van der Waals surface area contributed by atoms with Crippen LogP contribution in [0.4, 0.5) is 0 Å². The molecule has 1 aliphatic heterocycles. The van der Waals surface area contributed by atoms with E-state index >= 15 is 0 Å². The van der Waals surface area contributed by atoms with Crippen LogP contribution in [0.2, 0.25) is 0 Å². The molecule has 1 fully saturated rings. The van der Waals surface area contributed by atoms with Gasteiger partial charge in [-0.2, -0.15) is 0 Å². The molecule has 5 nitrogen and oxygen atoms in total. The van der Waals surface area contributed by atoms with Crippen LogP contribution in [0.1, 0.15) is 32.6 Å². The van der Waals surface area contributed by atoms with Crippen LogP contribution < -0.4 is 10.6 Å². The van der Waals surface area contributed by atoms with Crippen LogP contribution in [0, 0.1) is 0 Å². The van der Waals surface area contributed by atoms with E-state index in [0.717, 1.165) is 32.2 Å². The molecule has 106 valence electrons. The Bertz CT molecular complexity index is 253. The summed E-state index contributed by atoms with van der Waals surface area (Å²) < 4.78 is 10.3. The normalized spacial score (nSPS) is 25.1. The average Bonchev–Trinajstić information content (AvgIpc) is 2.84. The molecule has 0 spiro atoms. The van der Waals surface area contributed by atoms with E-state index in [4.69, 9.17) is 9.47 Å². The number of methoxy groups -OCH3 is 2. The van der Waals surface area contributed by atoms with Crippen LogP contribution in [0.15, 0.2) is 0 Å². The van der Waals surface area contributed by atoms with E-state index in [1.54, 1.807) is 14.2 Å². The van der Waals surface area contributed by atoms with E-state index in [9.17, 15) is 4.79 Å². The minimum Gasteiger partial charge on any atom is -0.382 e. The van der Waals surface area contributed by atoms with Gasteiger partial charge in [0, 0.05) is 20.8 Å². The van der Waals surface area contributed by atoms with Gasteiger partial charge in [-0.05, 0) is 25.8 Å². The highest BCUT2D eigenvalue weighted by molar-refractivity contribution is 5.86. The SMILES string of the molecule is CCCC1(C(=O)NCC(COC)OC)CCCN1. The summed E-state index contributed by atoms with van der Waals surface area (Å²) in [5.41, 5.74) is -0.361. The van der Waals surface area contributed by atoms with Gasteiger partial charge in [0.2, 0.25) is 5.91 Å². The van der Waals surface area contributed by atoms with Crippen LogP contribution in [-0.4, -0.2) is 51.5 Å². The predicted octanol–water partition coefficient (Wildman–Crippen LogP) is 0.686. The predicted molar refractivity (Wildman–Crippen MR) is 70.6 cm³/mol. The molecule has 1 rings (SSSR count). The van der Waals surface area contributed by atoms with Gasteiger partial charge in [-0.1, -0.05) is 13.3 Å². The van der Waals surface area contributed by atoms with Crippen LogP contribution in [0.3, 0.4) is 0 Å². The maximum Gasteiger partial charge on any atom is 0.240 e. The molecule has 2 unspecified atom stereocenters. The molecule has 0 aromatic heterocycles. The molecule has 0 aliphatic carbocycles. The molecule has 0 radical (unpaired) electrons. The third-order valence-electron chi connectivity index (χ3n) is 3.53. The van der Waals surface area contributed by atoms with Crippen molar-refractivity contribution in [2.75, 3.05) is 33.9 Å². The maximum absolute atomic E-state index is 12.3. The Balaban J connectivity index is 2.46. The van der Waals surface area contributed by atoms with Crippen molar-refractivity contribution in [1.29, 1.82) is 0 Å². The number of hydrogen-bond donors (Lipinski definition) is 2. The molecular weight excluding hydrogens is 232 g/mol. The fourth-order valence-electron chi connectivity index (χ4n) is 2.53. The van der Waals surface area contributed by atoms with E-state index in [1.807, 2.05) is 0 Å². The van der Waals surface area contributed by atoms with E-state index in [0.29, 0.717) is 13.2 Å². The fraction of sp³-hybridized carbons (Fsp3) is 0.923. The van der Waals surface area contributed by atoms with E-state index in [2.05, 4.69) is 17.6 Å². The van der Waals surface area contributed by atoms with Gasteiger partial charge in [-0.25, -0.2) is 0 Å². The Hall–Kier alpha value is -0.650. The van der Waals surface area contributed by atoms with E-state index < -0.39 is 0 Å². The second kappa shape index (κ2) is 7.71. The van der Waals surface area contributed by atoms with Crippen molar-refractivity contribution in [1.82, 2.24) is 10.6 Å². The number of amides is 1. The molecule has 1 aliphatic rings. The topological polar surface area (TPSA) is 59.6 Å². The monoisotopic (exact) mass is 258 g/mol. The number of ether oxygens (including phenoxy) is 2. The van der Waals surface area contributed by atoms with Gasteiger partial charge in [0.05, 0.1) is 18.2 Å². The molecule has 2 atom stereocenters. The smallest absolute Gasteiger partial charge is 0.240 e. The highest BCUT2D eigenvalue weighted by atomic mass is 16.5. The van der Waals surface area contributed by atoms with Gasteiger partial charge in [-0.3, -0.25) is 4.79 Å². The first-order valence-electron chi connectivity index (χ1n) is 6.73. The number of carbonyl (C=O) groups is 1. The Morgan fingerprint density at radius 3 is 2.78 bits per heavy atom. The summed E-state index contributed by atoms with van der Waals surface area (Å²) in [5, 5.41) is 6.34. The Kier molecular flexibility index (Phi) is 6.60. The molecular formula is C13H26N2O3. The summed E-state index contributed by atoms with van der Waals surface area (Å²) in [6, 6.07) is 0. The van der Waals surface area contributed by atoms with Crippen molar-refractivity contribution in [2.45, 2.75) is 44.2 Å². The third-order valence-corrected chi connectivity index (χ3v) is 3.53. The minimum absolute atomic E-state index is 0.0842. The lowest BCUT2D eigenvalue weighted by atomic mass is 9.91. The van der Waals surface area contributed by atoms with Gasteiger partial charge < -0.3 is 20.1 Å². The summed E-state index contributed by atoms with van der Waals surface area (Å²) in [4.78, 5) is 12.3. The average molecular weight is 258 g/mol. The van der Waals surface area contributed by atoms with Crippen molar-refractivity contribution in [2.24, 2.45) is 0 Å². The highest BCUT2D eigenvalue weighted by Crippen LogP contribution is 2.24. The third kappa shape index (κ3) is 3.93. The lowest BCUT2D eigenvalue weighted by Gasteiger charge is -2.28.